The normalized spacial score (nSPS) is 10.8. The minimum atomic E-state index is 0.479. The summed E-state index contributed by atoms with van der Waals surface area (Å²) in [4.78, 5) is 5.41. The molecule has 96 valence electrons. The van der Waals surface area contributed by atoms with E-state index in [0.717, 1.165) is 25.9 Å². The quantitative estimate of drug-likeness (QED) is 0.738. The minimum Gasteiger partial charge on any atom is -0.486 e. The first-order chi connectivity index (χ1) is 9.24. The zero-order valence-electron chi connectivity index (χ0n) is 9.97. The third-order valence-electron chi connectivity index (χ3n) is 2.77. The van der Waals surface area contributed by atoms with Crippen LogP contribution >= 0.6 is 22.9 Å². The van der Waals surface area contributed by atoms with Gasteiger partial charge >= 0.3 is 0 Å². The molecular weight excluding hydrogens is 280 g/mol. The number of aromatic nitrogens is 1. The average molecular weight is 291 g/mol. The molecule has 3 rings (SSSR count). The Kier molecular flexibility index (Phi) is 3.27. The van der Waals surface area contributed by atoms with E-state index in [-0.39, 0.29) is 0 Å². The molecule has 19 heavy (non-hydrogen) atoms. The molecule has 5 heteroatoms. The molecule has 0 fully saturated rings. The van der Waals surface area contributed by atoms with Crippen molar-refractivity contribution in [2.45, 2.75) is 6.61 Å². The lowest BCUT2D eigenvalue weighted by molar-refractivity contribution is 0.313. The molecular formula is C14H11ClN2OS. The number of fused-ring (bicyclic) bond motifs is 1. The Morgan fingerprint density at radius 3 is 2.89 bits per heavy atom. The van der Waals surface area contributed by atoms with Crippen LogP contribution in [-0.2, 0) is 6.61 Å². The molecule has 0 bridgehead atoms. The van der Waals surface area contributed by atoms with E-state index in [2.05, 4.69) is 4.98 Å². The first kappa shape index (κ1) is 12.3. The van der Waals surface area contributed by atoms with Crippen LogP contribution in [0.5, 0.6) is 5.75 Å². The van der Waals surface area contributed by atoms with Crippen molar-refractivity contribution >= 4 is 39.5 Å². The fourth-order valence-corrected chi connectivity index (χ4v) is 2.86. The molecule has 0 saturated carbocycles. The van der Waals surface area contributed by atoms with Gasteiger partial charge in [0, 0.05) is 22.1 Å². The van der Waals surface area contributed by atoms with Crippen LogP contribution < -0.4 is 10.5 Å². The maximum Gasteiger partial charge on any atom is 0.146 e. The van der Waals surface area contributed by atoms with Gasteiger partial charge in [0.05, 0.1) is 4.34 Å². The Hall–Kier alpha value is -1.78. The number of thiophene rings is 1. The SMILES string of the molecule is Nc1ccc(OCc2ccc(Cl)s2)c2ncccc12. The number of nitrogens with zero attached hydrogens (tertiary/aromatic N) is 1. The molecule has 0 aliphatic carbocycles. The summed E-state index contributed by atoms with van der Waals surface area (Å²) in [5.74, 6) is 0.731. The zero-order chi connectivity index (χ0) is 13.2. The van der Waals surface area contributed by atoms with Crippen LogP contribution in [0.3, 0.4) is 0 Å². The topological polar surface area (TPSA) is 48.1 Å². The number of pyridine rings is 1. The first-order valence-electron chi connectivity index (χ1n) is 5.74. The molecule has 2 N–H and O–H groups in total. The van der Waals surface area contributed by atoms with Crippen molar-refractivity contribution < 1.29 is 4.74 Å². The molecule has 2 aromatic heterocycles. The number of nitrogen functional groups attached to an aromatic ring is 1. The number of ether oxygens (including phenoxy) is 1. The van der Waals surface area contributed by atoms with Gasteiger partial charge in [-0.3, -0.25) is 4.98 Å². The molecule has 0 spiro atoms. The van der Waals surface area contributed by atoms with Crippen molar-refractivity contribution in [3.8, 4) is 5.75 Å². The van der Waals surface area contributed by atoms with Gasteiger partial charge in [-0.2, -0.15) is 0 Å². The van der Waals surface area contributed by atoms with Gasteiger partial charge in [0.25, 0.3) is 0 Å². The molecule has 0 radical (unpaired) electrons. The van der Waals surface area contributed by atoms with Crippen LogP contribution in [-0.4, -0.2) is 4.98 Å². The van der Waals surface area contributed by atoms with Crippen LogP contribution in [0.1, 0.15) is 4.88 Å². The van der Waals surface area contributed by atoms with Crippen LogP contribution in [0.2, 0.25) is 4.34 Å². The molecule has 2 heterocycles. The second-order valence-electron chi connectivity index (χ2n) is 4.05. The lowest BCUT2D eigenvalue weighted by Crippen LogP contribution is -1.96. The number of halogens is 1. The summed E-state index contributed by atoms with van der Waals surface area (Å²) in [6.07, 6.45) is 1.73. The van der Waals surface area contributed by atoms with E-state index < -0.39 is 0 Å². The third-order valence-corrected chi connectivity index (χ3v) is 3.97. The van der Waals surface area contributed by atoms with Crippen LogP contribution in [0.25, 0.3) is 10.9 Å². The standard InChI is InChI=1S/C14H11ClN2OS/c15-13-6-3-9(19-13)8-18-12-5-4-11(16)10-2-1-7-17-14(10)12/h1-7H,8,16H2. The molecule has 0 unspecified atom stereocenters. The van der Waals surface area contributed by atoms with Crippen LogP contribution in [0, 0.1) is 0 Å². The Morgan fingerprint density at radius 1 is 1.21 bits per heavy atom. The van der Waals surface area contributed by atoms with Gasteiger partial charge in [0.2, 0.25) is 0 Å². The summed E-state index contributed by atoms with van der Waals surface area (Å²) in [6, 6.07) is 11.3. The van der Waals surface area contributed by atoms with Crippen LogP contribution in [0.15, 0.2) is 42.6 Å². The Labute approximate surface area is 119 Å². The van der Waals surface area contributed by atoms with E-state index in [4.69, 9.17) is 22.1 Å². The Morgan fingerprint density at radius 2 is 2.11 bits per heavy atom. The Balaban J connectivity index is 1.91. The van der Waals surface area contributed by atoms with E-state index >= 15 is 0 Å². The highest BCUT2D eigenvalue weighted by Crippen LogP contribution is 2.29. The van der Waals surface area contributed by atoms with E-state index in [9.17, 15) is 0 Å². The van der Waals surface area contributed by atoms with Crippen molar-refractivity contribution in [2.24, 2.45) is 0 Å². The van der Waals surface area contributed by atoms with Crippen molar-refractivity contribution in [2.75, 3.05) is 5.73 Å². The first-order valence-corrected chi connectivity index (χ1v) is 6.94. The van der Waals surface area contributed by atoms with Gasteiger partial charge in [-0.1, -0.05) is 11.6 Å². The molecule has 3 nitrogen and oxygen atoms in total. The molecule has 0 aliphatic rings. The summed E-state index contributed by atoms with van der Waals surface area (Å²) in [6.45, 7) is 0.479. The number of benzene rings is 1. The van der Waals surface area contributed by atoms with E-state index in [0.29, 0.717) is 12.3 Å². The van der Waals surface area contributed by atoms with Crippen molar-refractivity contribution in [1.82, 2.24) is 4.98 Å². The minimum absolute atomic E-state index is 0.479. The lowest BCUT2D eigenvalue weighted by atomic mass is 10.2. The fourth-order valence-electron chi connectivity index (χ4n) is 1.86. The maximum absolute atomic E-state index is 5.92. The molecule has 3 aromatic rings. The monoisotopic (exact) mass is 290 g/mol. The van der Waals surface area contributed by atoms with Gasteiger partial charge in [-0.25, -0.2) is 0 Å². The number of hydrogen-bond donors (Lipinski definition) is 1. The molecule has 0 atom stereocenters. The highest BCUT2D eigenvalue weighted by molar-refractivity contribution is 7.16. The third kappa shape index (κ3) is 2.50. The van der Waals surface area contributed by atoms with E-state index in [1.807, 2.05) is 36.4 Å². The van der Waals surface area contributed by atoms with Crippen molar-refractivity contribution in [3.63, 3.8) is 0 Å². The predicted octanol–water partition coefficient (Wildman–Crippen LogP) is 4.11. The molecule has 1 aromatic carbocycles. The summed E-state index contributed by atoms with van der Waals surface area (Å²) in [5.41, 5.74) is 7.41. The lowest BCUT2D eigenvalue weighted by Gasteiger charge is -2.09. The zero-order valence-corrected chi connectivity index (χ0v) is 11.5. The average Bonchev–Trinajstić information content (AvgIpc) is 2.84. The van der Waals surface area contributed by atoms with Gasteiger partial charge < -0.3 is 10.5 Å². The van der Waals surface area contributed by atoms with E-state index in [1.54, 1.807) is 6.20 Å². The number of nitrogens with two attached hydrogens (primary N) is 1. The molecule has 0 amide bonds. The number of anilines is 1. The molecule has 0 aliphatic heterocycles. The second kappa shape index (κ2) is 5.07. The largest absolute Gasteiger partial charge is 0.486 e. The highest BCUT2D eigenvalue weighted by atomic mass is 35.5. The van der Waals surface area contributed by atoms with Gasteiger partial charge in [-0.15, -0.1) is 11.3 Å². The summed E-state index contributed by atoms with van der Waals surface area (Å²) < 4.78 is 6.57. The fraction of sp³-hybridized carbons (Fsp3) is 0.0714. The summed E-state index contributed by atoms with van der Waals surface area (Å²) in [7, 11) is 0. The smallest absolute Gasteiger partial charge is 0.146 e. The van der Waals surface area contributed by atoms with Crippen LogP contribution in [0.4, 0.5) is 5.69 Å². The van der Waals surface area contributed by atoms with Gasteiger partial charge in [0.15, 0.2) is 0 Å². The Bertz CT molecular complexity index is 726. The van der Waals surface area contributed by atoms with Crippen molar-refractivity contribution in [1.29, 1.82) is 0 Å². The van der Waals surface area contributed by atoms with Gasteiger partial charge in [0.1, 0.15) is 17.9 Å². The molecule has 0 saturated heterocycles. The summed E-state index contributed by atoms with van der Waals surface area (Å²) >= 11 is 7.40. The second-order valence-corrected chi connectivity index (χ2v) is 5.85. The van der Waals surface area contributed by atoms with Gasteiger partial charge in [-0.05, 0) is 36.4 Å². The maximum atomic E-state index is 5.92. The predicted molar refractivity (Wildman–Crippen MR) is 79.8 cm³/mol. The van der Waals surface area contributed by atoms with Crippen molar-refractivity contribution in [3.05, 3.63) is 51.8 Å². The number of hydrogen-bond acceptors (Lipinski definition) is 4. The summed E-state index contributed by atoms with van der Waals surface area (Å²) in [5, 5.41) is 0.907. The van der Waals surface area contributed by atoms with E-state index in [1.165, 1.54) is 11.3 Å². The number of rotatable bonds is 3. The highest BCUT2D eigenvalue weighted by Gasteiger charge is 2.07.